The van der Waals surface area contributed by atoms with Crippen molar-refractivity contribution in [2.45, 2.75) is 71.3 Å². The Balaban J connectivity index is 2.27. The summed E-state index contributed by atoms with van der Waals surface area (Å²) < 4.78 is 0. The first-order valence-electron chi connectivity index (χ1n) is 7.62. The lowest BCUT2D eigenvalue weighted by atomic mass is 9.79. The smallest absolute Gasteiger partial charge is 0.223 e. The van der Waals surface area contributed by atoms with Crippen molar-refractivity contribution in [2.24, 2.45) is 11.8 Å². The first kappa shape index (κ1) is 15.5. The molecule has 1 fully saturated rings. The molecule has 1 aliphatic carbocycles. The van der Waals surface area contributed by atoms with E-state index in [-0.39, 0.29) is 24.5 Å². The van der Waals surface area contributed by atoms with Gasteiger partial charge >= 0.3 is 0 Å². The van der Waals surface area contributed by atoms with Crippen LogP contribution in [0.15, 0.2) is 0 Å². The summed E-state index contributed by atoms with van der Waals surface area (Å²) in [4.78, 5) is 12.0. The van der Waals surface area contributed by atoms with E-state index in [2.05, 4.69) is 12.2 Å². The molecule has 3 heteroatoms. The second kappa shape index (κ2) is 8.52. The van der Waals surface area contributed by atoms with Crippen LogP contribution in [0.2, 0.25) is 0 Å². The fourth-order valence-corrected chi connectivity index (χ4v) is 2.80. The summed E-state index contributed by atoms with van der Waals surface area (Å²) in [5.41, 5.74) is 0. The van der Waals surface area contributed by atoms with Gasteiger partial charge in [-0.25, -0.2) is 0 Å². The number of nitrogens with one attached hydrogen (secondary N) is 1. The van der Waals surface area contributed by atoms with Crippen molar-refractivity contribution in [3.8, 4) is 0 Å². The first-order valence-corrected chi connectivity index (χ1v) is 7.62. The van der Waals surface area contributed by atoms with E-state index in [0.29, 0.717) is 0 Å². The van der Waals surface area contributed by atoms with Crippen LogP contribution in [0.3, 0.4) is 0 Å². The molecule has 0 spiro atoms. The van der Waals surface area contributed by atoms with Gasteiger partial charge < -0.3 is 10.4 Å². The van der Waals surface area contributed by atoms with Crippen molar-refractivity contribution in [1.82, 2.24) is 5.32 Å². The van der Waals surface area contributed by atoms with Crippen molar-refractivity contribution in [1.29, 1.82) is 0 Å². The van der Waals surface area contributed by atoms with Crippen LogP contribution < -0.4 is 5.32 Å². The molecular formula is C15H29NO2. The molecule has 0 aromatic heterocycles. The van der Waals surface area contributed by atoms with Gasteiger partial charge in [0.15, 0.2) is 0 Å². The summed E-state index contributed by atoms with van der Waals surface area (Å²) in [6.45, 7) is 4.27. The number of aliphatic hydroxyl groups is 1. The quantitative estimate of drug-likeness (QED) is 0.735. The van der Waals surface area contributed by atoms with Crippen LogP contribution in [0.5, 0.6) is 0 Å². The summed E-state index contributed by atoms with van der Waals surface area (Å²) >= 11 is 0. The Kier molecular flexibility index (Phi) is 7.33. The number of amides is 1. The van der Waals surface area contributed by atoms with E-state index in [1.165, 1.54) is 32.1 Å². The minimum atomic E-state index is -0.0599. The zero-order chi connectivity index (χ0) is 13.4. The third-order valence-corrected chi connectivity index (χ3v) is 4.24. The van der Waals surface area contributed by atoms with E-state index in [9.17, 15) is 4.79 Å². The van der Waals surface area contributed by atoms with Crippen molar-refractivity contribution < 1.29 is 9.90 Å². The van der Waals surface area contributed by atoms with E-state index >= 15 is 0 Å². The molecular weight excluding hydrogens is 226 g/mol. The van der Waals surface area contributed by atoms with Crippen LogP contribution in [0, 0.1) is 11.8 Å². The van der Waals surface area contributed by atoms with Crippen LogP contribution in [-0.2, 0) is 4.79 Å². The molecule has 0 aliphatic heterocycles. The molecule has 18 heavy (non-hydrogen) atoms. The number of hydrogen-bond donors (Lipinski definition) is 2. The van der Waals surface area contributed by atoms with Gasteiger partial charge in [-0.1, -0.05) is 33.1 Å². The van der Waals surface area contributed by atoms with E-state index in [0.717, 1.165) is 25.2 Å². The van der Waals surface area contributed by atoms with Crippen LogP contribution in [-0.4, -0.2) is 23.7 Å². The summed E-state index contributed by atoms with van der Waals surface area (Å²) in [7, 11) is 0. The van der Waals surface area contributed by atoms with Crippen LogP contribution in [0.4, 0.5) is 0 Å². The maximum atomic E-state index is 12.0. The molecule has 3 nitrogen and oxygen atoms in total. The maximum absolute atomic E-state index is 12.0. The van der Waals surface area contributed by atoms with E-state index in [4.69, 9.17) is 5.11 Å². The van der Waals surface area contributed by atoms with Gasteiger partial charge in [-0.2, -0.15) is 0 Å². The Morgan fingerprint density at radius 2 is 1.94 bits per heavy atom. The zero-order valence-electron chi connectivity index (χ0n) is 12.0. The molecule has 1 atom stereocenters. The molecule has 0 aromatic carbocycles. The molecule has 1 amide bonds. The molecule has 1 saturated carbocycles. The standard InChI is InChI=1S/C15H29NO2/c1-3-5-6-12-7-9-13(10-8-12)15(18)16-14(4-2)11-17/h12-14,17H,3-11H2,1-2H3,(H,16,18). The van der Waals surface area contributed by atoms with E-state index < -0.39 is 0 Å². The Morgan fingerprint density at radius 1 is 1.28 bits per heavy atom. The highest BCUT2D eigenvalue weighted by molar-refractivity contribution is 5.79. The van der Waals surface area contributed by atoms with Crippen molar-refractivity contribution >= 4 is 5.91 Å². The lowest BCUT2D eigenvalue weighted by Crippen LogP contribution is -2.41. The lowest BCUT2D eigenvalue weighted by Gasteiger charge is -2.28. The van der Waals surface area contributed by atoms with Gasteiger partial charge in [0.05, 0.1) is 12.6 Å². The minimum Gasteiger partial charge on any atom is -0.394 e. The molecule has 0 radical (unpaired) electrons. The Labute approximate surface area is 111 Å². The molecule has 106 valence electrons. The van der Waals surface area contributed by atoms with Gasteiger partial charge in [-0.15, -0.1) is 0 Å². The van der Waals surface area contributed by atoms with Crippen molar-refractivity contribution in [2.75, 3.05) is 6.61 Å². The van der Waals surface area contributed by atoms with Crippen molar-refractivity contribution in [3.63, 3.8) is 0 Å². The second-order valence-corrected chi connectivity index (χ2v) is 5.66. The van der Waals surface area contributed by atoms with Crippen LogP contribution >= 0.6 is 0 Å². The fourth-order valence-electron chi connectivity index (χ4n) is 2.80. The maximum Gasteiger partial charge on any atom is 0.223 e. The first-order chi connectivity index (χ1) is 8.71. The van der Waals surface area contributed by atoms with Gasteiger partial charge in [0.25, 0.3) is 0 Å². The molecule has 1 aliphatic rings. The lowest BCUT2D eigenvalue weighted by molar-refractivity contribution is -0.127. The van der Waals surface area contributed by atoms with E-state index in [1.54, 1.807) is 0 Å². The highest BCUT2D eigenvalue weighted by Crippen LogP contribution is 2.32. The normalized spacial score (nSPS) is 25.7. The van der Waals surface area contributed by atoms with Crippen LogP contribution in [0.1, 0.15) is 65.2 Å². The van der Waals surface area contributed by atoms with Crippen LogP contribution in [0.25, 0.3) is 0 Å². The summed E-state index contributed by atoms with van der Waals surface area (Å²) in [6, 6.07) is -0.0599. The topological polar surface area (TPSA) is 49.3 Å². The molecule has 0 aromatic rings. The Bertz CT molecular complexity index is 231. The molecule has 2 N–H and O–H groups in total. The molecule has 0 saturated heterocycles. The number of carbonyl (C=O) groups excluding carboxylic acids is 1. The minimum absolute atomic E-state index is 0.0497. The third-order valence-electron chi connectivity index (χ3n) is 4.24. The number of hydrogen-bond acceptors (Lipinski definition) is 2. The van der Waals surface area contributed by atoms with E-state index in [1.807, 2.05) is 6.92 Å². The number of unbranched alkanes of at least 4 members (excludes halogenated alkanes) is 1. The average molecular weight is 255 g/mol. The molecule has 1 rings (SSSR count). The summed E-state index contributed by atoms with van der Waals surface area (Å²) in [6.07, 6.45) is 9.19. The highest BCUT2D eigenvalue weighted by atomic mass is 16.3. The summed E-state index contributed by atoms with van der Waals surface area (Å²) in [5, 5.41) is 12.1. The predicted octanol–water partition coefficient (Wildman–Crippen LogP) is 2.87. The van der Waals surface area contributed by atoms with Gasteiger partial charge in [0, 0.05) is 5.92 Å². The van der Waals surface area contributed by atoms with Gasteiger partial charge in [0.2, 0.25) is 5.91 Å². The molecule has 0 bridgehead atoms. The second-order valence-electron chi connectivity index (χ2n) is 5.66. The van der Waals surface area contributed by atoms with Gasteiger partial charge in [-0.05, 0) is 38.0 Å². The SMILES string of the molecule is CCCCC1CCC(C(=O)NC(CC)CO)CC1. The predicted molar refractivity (Wildman–Crippen MR) is 74.3 cm³/mol. The molecule has 1 unspecified atom stereocenters. The summed E-state index contributed by atoms with van der Waals surface area (Å²) in [5.74, 6) is 1.18. The van der Waals surface area contributed by atoms with Crippen molar-refractivity contribution in [3.05, 3.63) is 0 Å². The zero-order valence-corrected chi connectivity index (χ0v) is 12.0. The Hall–Kier alpha value is -0.570. The fraction of sp³-hybridized carbons (Fsp3) is 0.933. The Morgan fingerprint density at radius 3 is 2.44 bits per heavy atom. The largest absolute Gasteiger partial charge is 0.394 e. The third kappa shape index (κ3) is 4.97. The monoisotopic (exact) mass is 255 g/mol. The highest BCUT2D eigenvalue weighted by Gasteiger charge is 2.26. The number of aliphatic hydroxyl groups excluding tert-OH is 1. The number of carbonyl (C=O) groups is 1. The van der Waals surface area contributed by atoms with Gasteiger partial charge in [0.1, 0.15) is 0 Å². The number of rotatable bonds is 7. The van der Waals surface area contributed by atoms with Gasteiger partial charge in [-0.3, -0.25) is 4.79 Å². The average Bonchev–Trinajstić information content (AvgIpc) is 2.42. The molecule has 0 heterocycles.